The molecule has 1 unspecified atom stereocenters. The lowest BCUT2D eigenvalue weighted by atomic mass is 10.1. The van der Waals surface area contributed by atoms with E-state index < -0.39 is 0 Å². The third kappa shape index (κ3) is 3.01. The van der Waals surface area contributed by atoms with Crippen LogP contribution in [0.1, 0.15) is 39.4 Å². The lowest BCUT2D eigenvalue weighted by Crippen LogP contribution is -2.29. The molecule has 18 heavy (non-hydrogen) atoms. The number of nitrogens with one attached hydrogen (secondary N) is 1. The summed E-state index contributed by atoms with van der Waals surface area (Å²) in [5.74, 6) is 1.83. The summed E-state index contributed by atoms with van der Waals surface area (Å²) >= 11 is 5.33. The van der Waals surface area contributed by atoms with E-state index in [0.717, 1.165) is 30.0 Å². The van der Waals surface area contributed by atoms with Gasteiger partial charge in [0.05, 0.1) is 0 Å². The summed E-state index contributed by atoms with van der Waals surface area (Å²) in [6.45, 7) is 10.2. The molecule has 2 rings (SSSR count). The van der Waals surface area contributed by atoms with Gasteiger partial charge < -0.3 is 9.47 Å². The molecule has 1 aliphatic heterocycles. The van der Waals surface area contributed by atoms with Crippen molar-refractivity contribution < 1.29 is 0 Å². The summed E-state index contributed by atoms with van der Waals surface area (Å²) in [5.41, 5.74) is 0. The van der Waals surface area contributed by atoms with Crippen LogP contribution in [-0.4, -0.2) is 38.8 Å². The molecule has 2 heterocycles. The smallest absolute Gasteiger partial charge is 0.195 e. The van der Waals surface area contributed by atoms with Crippen LogP contribution in [0.15, 0.2) is 0 Å². The first-order valence-corrected chi connectivity index (χ1v) is 7.40. The standard InChI is InChI=1S/C13H24N4S/c1-4-5-12-14-15-13(18)17(12)9-11-6-7-16(8-11)10(2)3/h10-11H,4-9H2,1-3H3,(H,15,18). The van der Waals surface area contributed by atoms with Crippen molar-refractivity contribution in [3.63, 3.8) is 0 Å². The van der Waals surface area contributed by atoms with Crippen LogP contribution in [-0.2, 0) is 13.0 Å². The van der Waals surface area contributed by atoms with Gasteiger partial charge in [-0.1, -0.05) is 6.92 Å². The zero-order valence-electron chi connectivity index (χ0n) is 11.6. The molecule has 1 atom stereocenters. The molecule has 0 radical (unpaired) electrons. The number of H-pyrrole nitrogens is 1. The summed E-state index contributed by atoms with van der Waals surface area (Å²) in [7, 11) is 0. The lowest BCUT2D eigenvalue weighted by molar-refractivity contribution is 0.260. The molecule has 1 aliphatic rings. The first-order valence-electron chi connectivity index (χ1n) is 7.00. The summed E-state index contributed by atoms with van der Waals surface area (Å²) in [6.07, 6.45) is 3.40. The normalized spacial score (nSPS) is 21.0. The number of aryl methyl sites for hydroxylation is 1. The third-order valence-corrected chi connectivity index (χ3v) is 4.11. The number of rotatable bonds is 5. The Hall–Kier alpha value is -0.680. The average Bonchev–Trinajstić information content (AvgIpc) is 2.91. The van der Waals surface area contributed by atoms with Crippen LogP contribution in [0.2, 0.25) is 0 Å². The van der Waals surface area contributed by atoms with Crippen LogP contribution in [0.25, 0.3) is 0 Å². The van der Waals surface area contributed by atoms with Crippen molar-refractivity contribution in [2.24, 2.45) is 5.92 Å². The second-order valence-electron chi connectivity index (χ2n) is 5.55. The van der Waals surface area contributed by atoms with E-state index in [0.29, 0.717) is 12.0 Å². The van der Waals surface area contributed by atoms with Crippen molar-refractivity contribution in [3.05, 3.63) is 10.6 Å². The van der Waals surface area contributed by atoms with Crippen molar-refractivity contribution in [2.45, 2.75) is 52.6 Å². The minimum absolute atomic E-state index is 0.655. The largest absolute Gasteiger partial charge is 0.304 e. The molecule has 5 heteroatoms. The highest BCUT2D eigenvalue weighted by Gasteiger charge is 2.25. The number of hydrogen-bond acceptors (Lipinski definition) is 3. The van der Waals surface area contributed by atoms with Crippen LogP contribution < -0.4 is 0 Å². The summed E-state index contributed by atoms with van der Waals surface area (Å²) in [6, 6.07) is 0.655. The quantitative estimate of drug-likeness (QED) is 0.834. The van der Waals surface area contributed by atoms with Gasteiger partial charge in [0.1, 0.15) is 5.82 Å². The van der Waals surface area contributed by atoms with Gasteiger partial charge in [-0.15, -0.1) is 0 Å². The fourth-order valence-electron chi connectivity index (χ4n) is 2.69. The van der Waals surface area contributed by atoms with E-state index in [9.17, 15) is 0 Å². The van der Waals surface area contributed by atoms with Crippen molar-refractivity contribution in [1.29, 1.82) is 0 Å². The van der Waals surface area contributed by atoms with Crippen molar-refractivity contribution in [2.75, 3.05) is 13.1 Å². The molecule has 1 N–H and O–H groups in total. The molecule has 0 aliphatic carbocycles. The summed E-state index contributed by atoms with van der Waals surface area (Å²) in [5, 5.41) is 7.27. The van der Waals surface area contributed by atoms with E-state index in [1.165, 1.54) is 19.5 Å². The zero-order chi connectivity index (χ0) is 13.1. The van der Waals surface area contributed by atoms with Gasteiger partial charge in [-0.05, 0) is 51.4 Å². The van der Waals surface area contributed by atoms with Crippen LogP contribution in [0, 0.1) is 10.7 Å². The second kappa shape index (κ2) is 5.97. The first-order chi connectivity index (χ1) is 8.61. The van der Waals surface area contributed by atoms with E-state index in [1.807, 2.05) is 0 Å². The maximum Gasteiger partial charge on any atom is 0.195 e. The van der Waals surface area contributed by atoms with Gasteiger partial charge in [0, 0.05) is 25.6 Å². The van der Waals surface area contributed by atoms with E-state index in [4.69, 9.17) is 12.2 Å². The predicted molar refractivity (Wildman–Crippen MR) is 76.2 cm³/mol. The highest BCUT2D eigenvalue weighted by molar-refractivity contribution is 7.71. The molecule has 0 amide bonds. The molecule has 4 nitrogen and oxygen atoms in total. The van der Waals surface area contributed by atoms with Crippen molar-refractivity contribution in [1.82, 2.24) is 19.7 Å². The third-order valence-electron chi connectivity index (χ3n) is 3.80. The lowest BCUT2D eigenvalue weighted by Gasteiger charge is -2.20. The molecule has 0 saturated carbocycles. The van der Waals surface area contributed by atoms with Gasteiger partial charge in [0.15, 0.2) is 4.77 Å². The Balaban J connectivity index is 2.02. The Morgan fingerprint density at radius 1 is 1.50 bits per heavy atom. The number of hydrogen-bond donors (Lipinski definition) is 1. The van der Waals surface area contributed by atoms with E-state index in [2.05, 4.69) is 40.4 Å². The van der Waals surface area contributed by atoms with Crippen LogP contribution in [0.3, 0.4) is 0 Å². The Morgan fingerprint density at radius 2 is 2.28 bits per heavy atom. The van der Waals surface area contributed by atoms with Crippen LogP contribution in [0.4, 0.5) is 0 Å². The predicted octanol–water partition coefficient (Wildman–Crippen LogP) is 2.62. The van der Waals surface area contributed by atoms with Gasteiger partial charge in [0.2, 0.25) is 0 Å². The molecule has 0 bridgehead atoms. The fraction of sp³-hybridized carbons (Fsp3) is 0.846. The zero-order valence-corrected chi connectivity index (χ0v) is 12.5. The average molecular weight is 268 g/mol. The number of nitrogens with zero attached hydrogens (tertiary/aromatic N) is 3. The van der Waals surface area contributed by atoms with Gasteiger partial charge in [-0.25, -0.2) is 0 Å². The molecule has 0 spiro atoms. The second-order valence-corrected chi connectivity index (χ2v) is 5.94. The molecule has 102 valence electrons. The van der Waals surface area contributed by atoms with Crippen LogP contribution in [0.5, 0.6) is 0 Å². The molecule has 0 aromatic carbocycles. The molecular weight excluding hydrogens is 244 g/mol. The number of aromatic amines is 1. The SMILES string of the molecule is CCCc1n[nH]c(=S)n1CC1CCN(C(C)C)C1. The Labute approximate surface area is 114 Å². The molecule has 1 fully saturated rings. The number of likely N-dealkylation sites (tertiary alicyclic amines) is 1. The minimum atomic E-state index is 0.655. The van der Waals surface area contributed by atoms with Crippen molar-refractivity contribution in [3.8, 4) is 0 Å². The van der Waals surface area contributed by atoms with E-state index in [1.54, 1.807) is 0 Å². The first kappa shape index (κ1) is 13.7. The Kier molecular flexibility index (Phi) is 4.56. The topological polar surface area (TPSA) is 36.9 Å². The maximum absolute atomic E-state index is 5.33. The van der Waals surface area contributed by atoms with Crippen molar-refractivity contribution >= 4 is 12.2 Å². The van der Waals surface area contributed by atoms with Crippen LogP contribution >= 0.6 is 12.2 Å². The molecular formula is C13H24N4S. The monoisotopic (exact) mass is 268 g/mol. The van der Waals surface area contributed by atoms with Gasteiger partial charge >= 0.3 is 0 Å². The minimum Gasteiger partial charge on any atom is -0.304 e. The Bertz CT molecular complexity index is 434. The molecule has 1 saturated heterocycles. The highest BCUT2D eigenvalue weighted by Crippen LogP contribution is 2.21. The van der Waals surface area contributed by atoms with Gasteiger partial charge in [-0.2, -0.15) is 5.10 Å². The number of aromatic nitrogens is 3. The summed E-state index contributed by atoms with van der Waals surface area (Å²) < 4.78 is 2.98. The van der Waals surface area contributed by atoms with E-state index >= 15 is 0 Å². The Morgan fingerprint density at radius 3 is 2.89 bits per heavy atom. The molecule has 1 aromatic rings. The highest BCUT2D eigenvalue weighted by atomic mass is 32.1. The van der Waals surface area contributed by atoms with Gasteiger partial charge in [0.25, 0.3) is 0 Å². The maximum atomic E-state index is 5.33. The van der Waals surface area contributed by atoms with E-state index in [-0.39, 0.29) is 0 Å². The fourth-order valence-corrected chi connectivity index (χ4v) is 2.92. The van der Waals surface area contributed by atoms with Gasteiger partial charge in [-0.3, -0.25) is 5.10 Å². The summed E-state index contributed by atoms with van der Waals surface area (Å²) in [4.78, 5) is 2.55. The molecule has 1 aromatic heterocycles.